The Kier molecular flexibility index (Phi) is 2.96. The third-order valence-electron chi connectivity index (χ3n) is 2.01. The fraction of sp³-hybridized carbons (Fsp3) is 0.273. The standard InChI is InChI=1S/C11H14O2/c1-4-5-10-8(2)6-9(13-3)7-11(10)12/h4,6-7,12H,1,5H2,2-3H3. The first-order chi connectivity index (χ1) is 6.19. The first-order valence-corrected chi connectivity index (χ1v) is 4.16. The number of ether oxygens (including phenoxy) is 1. The van der Waals surface area contributed by atoms with Crippen molar-refractivity contribution in [3.8, 4) is 11.5 Å². The van der Waals surface area contributed by atoms with Gasteiger partial charge in [0.15, 0.2) is 0 Å². The molecule has 0 saturated heterocycles. The van der Waals surface area contributed by atoms with Crippen molar-refractivity contribution in [2.75, 3.05) is 7.11 Å². The highest BCUT2D eigenvalue weighted by Gasteiger charge is 2.05. The van der Waals surface area contributed by atoms with Crippen molar-refractivity contribution in [2.45, 2.75) is 13.3 Å². The highest BCUT2D eigenvalue weighted by atomic mass is 16.5. The Morgan fingerprint density at radius 2 is 2.23 bits per heavy atom. The topological polar surface area (TPSA) is 29.5 Å². The van der Waals surface area contributed by atoms with Crippen LogP contribution < -0.4 is 4.74 Å². The molecule has 0 fully saturated rings. The monoisotopic (exact) mass is 178 g/mol. The average molecular weight is 178 g/mol. The second-order valence-corrected chi connectivity index (χ2v) is 2.93. The van der Waals surface area contributed by atoms with Gasteiger partial charge in [0.2, 0.25) is 0 Å². The normalized spacial score (nSPS) is 9.69. The van der Waals surface area contributed by atoms with Crippen molar-refractivity contribution >= 4 is 0 Å². The number of aromatic hydroxyl groups is 1. The maximum absolute atomic E-state index is 9.61. The van der Waals surface area contributed by atoms with Crippen LogP contribution in [-0.4, -0.2) is 12.2 Å². The van der Waals surface area contributed by atoms with E-state index in [2.05, 4.69) is 6.58 Å². The minimum atomic E-state index is 0.275. The van der Waals surface area contributed by atoms with Gasteiger partial charge in [0.1, 0.15) is 11.5 Å². The van der Waals surface area contributed by atoms with Crippen LogP contribution in [0, 0.1) is 6.92 Å². The summed E-state index contributed by atoms with van der Waals surface area (Å²) < 4.78 is 5.02. The largest absolute Gasteiger partial charge is 0.508 e. The molecule has 0 saturated carbocycles. The maximum atomic E-state index is 9.61. The number of hydrogen-bond donors (Lipinski definition) is 1. The summed E-state index contributed by atoms with van der Waals surface area (Å²) in [4.78, 5) is 0. The minimum Gasteiger partial charge on any atom is -0.508 e. The van der Waals surface area contributed by atoms with Gasteiger partial charge >= 0.3 is 0 Å². The van der Waals surface area contributed by atoms with Crippen molar-refractivity contribution in [1.82, 2.24) is 0 Å². The van der Waals surface area contributed by atoms with E-state index in [1.807, 2.05) is 13.0 Å². The maximum Gasteiger partial charge on any atom is 0.123 e. The lowest BCUT2D eigenvalue weighted by molar-refractivity contribution is 0.406. The van der Waals surface area contributed by atoms with Gasteiger partial charge in [0.05, 0.1) is 7.11 Å². The zero-order valence-corrected chi connectivity index (χ0v) is 8.00. The summed E-state index contributed by atoms with van der Waals surface area (Å²) in [5.74, 6) is 0.958. The Bertz CT molecular complexity index is 293. The molecule has 0 aliphatic carbocycles. The van der Waals surface area contributed by atoms with Crippen LogP contribution in [0.15, 0.2) is 24.8 Å². The lowest BCUT2D eigenvalue weighted by Gasteiger charge is -2.08. The molecule has 0 amide bonds. The lowest BCUT2D eigenvalue weighted by atomic mass is 10.0. The second-order valence-electron chi connectivity index (χ2n) is 2.93. The molecule has 0 spiro atoms. The Balaban J connectivity index is 3.14. The number of methoxy groups -OCH3 is 1. The Hall–Kier alpha value is -1.44. The Morgan fingerprint density at radius 3 is 2.69 bits per heavy atom. The van der Waals surface area contributed by atoms with Crippen LogP contribution in [0.3, 0.4) is 0 Å². The molecule has 2 nitrogen and oxygen atoms in total. The molecule has 0 aliphatic rings. The summed E-state index contributed by atoms with van der Waals surface area (Å²) in [5.41, 5.74) is 1.94. The quantitative estimate of drug-likeness (QED) is 0.720. The first-order valence-electron chi connectivity index (χ1n) is 4.16. The van der Waals surface area contributed by atoms with Crippen molar-refractivity contribution < 1.29 is 9.84 Å². The molecule has 0 bridgehead atoms. The number of allylic oxidation sites excluding steroid dienone is 1. The first kappa shape index (κ1) is 9.65. The predicted octanol–water partition coefficient (Wildman–Crippen LogP) is 2.44. The smallest absolute Gasteiger partial charge is 0.123 e. The summed E-state index contributed by atoms with van der Waals surface area (Å²) in [5, 5.41) is 9.61. The van der Waals surface area contributed by atoms with Crippen LogP contribution in [-0.2, 0) is 6.42 Å². The Labute approximate surface area is 78.5 Å². The highest BCUT2D eigenvalue weighted by Crippen LogP contribution is 2.27. The number of rotatable bonds is 3. The third-order valence-corrected chi connectivity index (χ3v) is 2.01. The number of phenolic OH excluding ortho intramolecular Hbond substituents is 1. The van der Waals surface area contributed by atoms with Gasteiger partial charge in [-0.2, -0.15) is 0 Å². The molecule has 0 aliphatic heterocycles. The van der Waals surface area contributed by atoms with Gasteiger partial charge < -0.3 is 9.84 Å². The van der Waals surface area contributed by atoms with E-state index in [0.717, 1.165) is 11.1 Å². The summed E-state index contributed by atoms with van der Waals surface area (Å²) >= 11 is 0. The molecule has 0 atom stereocenters. The van der Waals surface area contributed by atoms with E-state index in [-0.39, 0.29) is 5.75 Å². The van der Waals surface area contributed by atoms with Gasteiger partial charge in [-0.1, -0.05) is 6.08 Å². The molecular formula is C11H14O2. The van der Waals surface area contributed by atoms with Crippen LogP contribution in [0.25, 0.3) is 0 Å². The summed E-state index contributed by atoms with van der Waals surface area (Å²) in [6, 6.07) is 3.52. The van der Waals surface area contributed by atoms with Crippen molar-refractivity contribution in [1.29, 1.82) is 0 Å². The zero-order valence-electron chi connectivity index (χ0n) is 8.00. The molecule has 2 heteroatoms. The van der Waals surface area contributed by atoms with Gasteiger partial charge in [-0.3, -0.25) is 0 Å². The van der Waals surface area contributed by atoms with E-state index in [1.165, 1.54) is 0 Å². The number of aryl methyl sites for hydroxylation is 1. The SMILES string of the molecule is C=CCc1c(C)cc(OC)cc1O. The average Bonchev–Trinajstić information content (AvgIpc) is 2.11. The summed E-state index contributed by atoms with van der Waals surface area (Å²) in [6.07, 6.45) is 2.45. The number of hydrogen-bond acceptors (Lipinski definition) is 2. The number of benzene rings is 1. The summed E-state index contributed by atoms with van der Waals surface area (Å²) in [6.45, 7) is 5.58. The molecule has 1 N–H and O–H groups in total. The van der Waals surface area contributed by atoms with E-state index in [9.17, 15) is 5.11 Å². The van der Waals surface area contributed by atoms with Crippen LogP contribution >= 0.6 is 0 Å². The third kappa shape index (κ3) is 2.02. The molecule has 0 heterocycles. The molecule has 0 radical (unpaired) electrons. The fourth-order valence-corrected chi connectivity index (χ4v) is 1.29. The van der Waals surface area contributed by atoms with Crippen molar-refractivity contribution in [3.05, 3.63) is 35.9 Å². The molecule has 0 unspecified atom stereocenters. The molecule has 1 rings (SSSR count). The molecule has 70 valence electrons. The van der Waals surface area contributed by atoms with Crippen LogP contribution in [0.2, 0.25) is 0 Å². The van der Waals surface area contributed by atoms with Gasteiger partial charge in [-0.05, 0) is 25.0 Å². The zero-order chi connectivity index (χ0) is 9.84. The Morgan fingerprint density at radius 1 is 1.54 bits per heavy atom. The van der Waals surface area contributed by atoms with E-state index in [4.69, 9.17) is 4.74 Å². The van der Waals surface area contributed by atoms with Crippen LogP contribution in [0.4, 0.5) is 0 Å². The van der Waals surface area contributed by atoms with E-state index >= 15 is 0 Å². The minimum absolute atomic E-state index is 0.275. The van der Waals surface area contributed by atoms with Gasteiger partial charge in [-0.15, -0.1) is 6.58 Å². The highest BCUT2D eigenvalue weighted by molar-refractivity contribution is 5.46. The molecule has 0 aromatic heterocycles. The van der Waals surface area contributed by atoms with Crippen molar-refractivity contribution in [2.24, 2.45) is 0 Å². The second kappa shape index (κ2) is 3.99. The van der Waals surface area contributed by atoms with E-state index in [0.29, 0.717) is 12.2 Å². The molecular weight excluding hydrogens is 164 g/mol. The van der Waals surface area contributed by atoms with E-state index in [1.54, 1.807) is 19.3 Å². The molecule has 1 aromatic rings. The van der Waals surface area contributed by atoms with Crippen molar-refractivity contribution in [3.63, 3.8) is 0 Å². The summed E-state index contributed by atoms with van der Waals surface area (Å²) in [7, 11) is 1.58. The predicted molar refractivity (Wildman–Crippen MR) is 53.3 cm³/mol. The fourth-order valence-electron chi connectivity index (χ4n) is 1.29. The van der Waals surface area contributed by atoms with E-state index < -0.39 is 0 Å². The van der Waals surface area contributed by atoms with Gasteiger partial charge in [0, 0.05) is 11.6 Å². The van der Waals surface area contributed by atoms with Crippen LogP contribution in [0.1, 0.15) is 11.1 Å². The molecule has 13 heavy (non-hydrogen) atoms. The van der Waals surface area contributed by atoms with Gasteiger partial charge in [0.25, 0.3) is 0 Å². The van der Waals surface area contributed by atoms with Crippen LogP contribution in [0.5, 0.6) is 11.5 Å². The number of phenols is 1. The van der Waals surface area contributed by atoms with Gasteiger partial charge in [-0.25, -0.2) is 0 Å². The molecule has 1 aromatic carbocycles. The lowest BCUT2D eigenvalue weighted by Crippen LogP contribution is -1.90.